The molecule has 24 heavy (non-hydrogen) atoms. The molecule has 3 rings (SSSR count). The largest absolute Gasteiger partial charge is 0.492 e. The van der Waals surface area contributed by atoms with Crippen molar-refractivity contribution in [3.63, 3.8) is 0 Å². The predicted octanol–water partition coefficient (Wildman–Crippen LogP) is 1.90. The zero-order chi connectivity index (χ0) is 17.3. The van der Waals surface area contributed by atoms with Gasteiger partial charge in [0.2, 0.25) is 0 Å². The second kappa shape index (κ2) is 6.65. The van der Waals surface area contributed by atoms with Gasteiger partial charge in [-0.05, 0) is 45.1 Å². The lowest BCUT2D eigenvalue weighted by Gasteiger charge is -2.16. The van der Waals surface area contributed by atoms with Crippen LogP contribution in [0.2, 0.25) is 0 Å². The molecule has 1 N–H and O–H groups in total. The monoisotopic (exact) mass is 330 g/mol. The maximum Gasteiger partial charge on any atom is 0.309 e. The number of hydrogen-bond donors (Lipinski definition) is 1. The Balaban J connectivity index is 1.99. The van der Waals surface area contributed by atoms with Gasteiger partial charge in [-0.2, -0.15) is 0 Å². The second-order valence-corrected chi connectivity index (χ2v) is 6.50. The van der Waals surface area contributed by atoms with Gasteiger partial charge >= 0.3 is 5.97 Å². The Kier molecular flexibility index (Phi) is 4.57. The van der Waals surface area contributed by atoms with Crippen molar-refractivity contribution in [3.8, 4) is 5.75 Å². The third kappa shape index (κ3) is 3.59. The van der Waals surface area contributed by atoms with Crippen molar-refractivity contribution >= 4 is 16.9 Å². The summed E-state index contributed by atoms with van der Waals surface area (Å²) in [6.07, 6.45) is 1.90. The highest BCUT2D eigenvalue weighted by Crippen LogP contribution is 2.38. The Morgan fingerprint density at radius 3 is 2.71 bits per heavy atom. The van der Waals surface area contributed by atoms with Crippen molar-refractivity contribution < 1.29 is 14.6 Å². The van der Waals surface area contributed by atoms with Crippen LogP contribution in [0, 0.1) is 0 Å². The molecule has 1 fully saturated rings. The van der Waals surface area contributed by atoms with Crippen molar-refractivity contribution in [1.82, 2.24) is 9.47 Å². The number of carboxylic acids is 1. The fourth-order valence-corrected chi connectivity index (χ4v) is 2.87. The molecule has 0 spiro atoms. The maximum atomic E-state index is 12.4. The second-order valence-electron chi connectivity index (χ2n) is 6.50. The molecule has 1 aromatic heterocycles. The first-order valence-corrected chi connectivity index (χ1v) is 8.13. The van der Waals surface area contributed by atoms with Gasteiger partial charge in [0.1, 0.15) is 12.4 Å². The van der Waals surface area contributed by atoms with E-state index in [1.165, 1.54) is 6.07 Å². The Bertz CT molecular complexity index is 822. The molecule has 0 unspecified atom stereocenters. The van der Waals surface area contributed by atoms with Gasteiger partial charge in [-0.15, -0.1) is 0 Å². The Morgan fingerprint density at radius 1 is 1.33 bits per heavy atom. The van der Waals surface area contributed by atoms with E-state index in [1.54, 1.807) is 6.07 Å². The van der Waals surface area contributed by atoms with Gasteiger partial charge in [0.15, 0.2) is 5.43 Å². The van der Waals surface area contributed by atoms with Crippen molar-refractivity contribution in [2.75, 3.05) is 27.2 Å². The number of carboxylic acid groups (broad SMARTS) is 1. The van der Waals surface area contributed by atoms with Crippen LogP contribution in [0.5, 0.6) is 5.75 Å². The van der Waals surface area contributed by atoms with Crippen LogP contribution in [0.25, 0.3) is 10.9 Å². The molecule has 0 saturated heterocycles. The van der Waals surface area contributed by atoms with Gasteiger partial charge in [-0.25, -0.2) is 0 Å². The number of aromatic nitrogens is 1. The Labute approximate surface area is 140 Å². The van der Waals surface area contributed by atoms with Gasteiger partial charge in [0.05, 0.1) is 11.9 Å². The molecule has 1 aromatic carbocycles. The summed E-state index contributed by atoms with van der Waals surface area (Å²) in [5, 5.41) is 9.69. The van der Waals surface area contributed by atoms with Crippen molar-refractivity contribution in [2.24, 2.45) is 0 Å². The van der Waals surface area contributed by atoms with E-state index in [0.29, 0.717) is 29.5 Å². The first-order chi connectivity index (χ1) is 11.5. The number of rotatable bonds is 7. The number of likely N-dealkylation sites (N-methyl/N-ethyl adjacent to an activating group) is 1. The van der Waals surface area contributed by atoms with Crippen molar-refractivity contribution in [2.45, 2.75) is 25.3 Å². The lowest BCUT2D eigenvalue weighted by molar-refractivity contribution is -0.136. The summed E-state index contributed by atoms with van der Waals surface area (Å²) in [6.45, 7) is 1.34. The van der Waals surface area contributed by atoms with Gasteiger partial charge in [0, 0.05) is 29.7 Å². The minimum Gasteiger partial charge on any atom is -0.492 e. The summed E-state index contributed by atoms with van der Waals surface area (Å²) >= 11 is 0. The number of pyridine rings is 1. The van der Waals surface area contributed by atoms with E-state index in [2.05, 4.69) is 0 Å². The molecule has 1 heterocycles. The van der Waals surface area contributed by atoms with Crippen molar-refractivity contribution in [1.29, 1.82) is 0 Å². The first-order valence-electron chi connectivity index (χ1n) is 8.13. The zero-order valence-corrected chi connectivity index (χ0v) is 14.0. The van der Waals surface area contributed by atoms with Crippen LogP contribution in [-0.4, -0.2) is 47.8 Å². The SMILES string of the molecule is CN(C)CCOc1ccc2c(c1)c(=O)cc(CC(=O)O)n2C1CC1. The van der Waals surface area contributed by atoms with E-state index in [0.717, 1.165) is 24.9 Å². The molecule has 0 radical (unpaired) electrons. The summed E-state index contributed by atoms with van der Waals surface area (Å²) in [5.41, 5.74) is 1.21. The summed E-state index contributed by atoms with van der Waals surface area (Å²) in [6, 6.07) is 7.23. The highest BCUT2D eigenvalue weighted by Gasteiger charge is 2.27. The average Bonchev–Trinajstić information content (AvgIpc) is 3.31. The van der Waals surface area contributed by atoms with Crippen LogP contribution >= 0.6 is 0 Å². The highest BCUT2D eigenvalue weighted by atomic mass is 16.5. The normalized spacial score (nSPS) is 14.3. The number of fused-ring (bicyclic) bond motifs is 1. The number of hydrogen-bond acceptors (Lipinski definition) is 4. The average molecular weight is 330 g/mol. The molecule has 2 aromatic rings. The number of benzene rings is 1. The smallest absolute Gasteiger partial charge is 0.309 e. The van der Waals surface area contributed by atoms with Crippen LogP contribution in [-0.2, 0) is 11.2 Å². The molecule has 0 aliphatic heterocycles. The lowest BCUT2D eigenvalue weighted by Crippen LogP contribution is -2.19. The molecular weight excluding hydrogens is 308 g/mol. The molecule has 1 aliphatic rings. The van der Waals surface area contributed by atoms with Crippen LogP contribution in [0.3, 0.4) is 0 Å². The van der Waals surface area contributed by atoms with E-state index in [4.69, 9.17) is 9.84 Å². The minimum atomic E-state index is -0.924. The van der Waals surface area contributed by atoms with E-state index in [-0.39, 0.29) is 11.8 Å². The van der Waals surface area contributed by atoms with Crippen LogP contribution < -0.4 is 10.2 Å². The minimum absolute atomic E-state index is 0.136. The molecule has 6 heteroatoms. The third-order valence-corrected chi connectivity index (χ3v) is 4.15. The summed E-state index contributed by atoms with van der Waals surface area (Å²) < 4.78 is 7.72. The molecule has 0 amide bonds. The molecule has 1 saturated carbocycles. The summed E-state index contributed by atoms with van der Waals surface area (Å²) in [4.78, 5) is 25.6. The molecule has 6 nitrogen and oxygen atoms in total. The predicted molar refractivity (Wildman–Crippen MR) is 91.9 cm³/mol. The maximum absolute atomic E-state index is 12.4. The Hall–Kier alpha value is -2.34. The third-order valence-electron chi connectivity index (χ3n) is 4.15. The molecule has 0 atom stereocenters. The molecule has 1 aliphatic carbocycles. The number of aliphatic carboxylic acids is 1. The van der Waals surface area contributed by atoms with E-state index >= 15 is 0 Å². The van der Waals surface area contributed by atoms with Crippen LogP contribution in [0.15, 0.2) is 29.1 Å². The van der Waals surface area contributed by atoms with Gasteiger partial charge in [0.25, 0.3) is 0 Å². The van der Waals surface area contributed by atoms with Crippen LogP contribution in [0.4, 0.5) is 0 Å². The highest BCUT2D eigenvalue weighted by molar-refractivity contribution is 5.82. The van der Waals surface area contributed by atoms with E-state index in [1.807, 2.05) is 35.7 Å². The summed E-state index contributed by atoms with van der Waals surface area (Å²) in [7, 11) is 3.95. The van der Waals surface area contributed by atoms with Gasteiger partial charge < -0.3 is 19.3 Å². The number of carbonyl (C=O) groups is 1. The van der Waals surface area contributed by atoms with E-state index < -0.39 is 5.97 Å². The molecular formula is C18H22N2O4. The van der Waals surface area contributed by atoms with Crippen LogP contribution in [0.1, 0.15) is 24.6 Å². The van der Waals surface area contributed by atoms with Crippen molar-refractivity contribution in [3.05, 3.63) is 40.2 Å². The van der Waals surface area contributed by atoms with E-state index in [9.17, 15) is 9.59 Å². The van der Waals surface area contributed by atoms with Gasteiger partial charge in [-0.1, -0.05) is 0 Å². The Morgan fingerprint density at radius 2 is 2.08 bits per heavy atom. The summed E-state index contributed by atoms with van der Waals surface area (Å²) in [5.74, 6) is -0.262. The molecule has 128 valence electrons. The molecule has 0 bridgehead atoms. The fourth-order valence-electron chi connectivity index (χ4n) is 2.87. The fraction of sp³-hybridized carbons (Fsp3) is 0.444. The van der Waals surface area contributed by atoms with Gasteiger partial charge in [-0.3, -0.25) is 9.59 Å². The topological polar surface area (TPSA) is 71.8 Å². The zero-order valence-electron chi connectivity index (χ0n) is 14.0. The number of nitrogens with zero attached hydrogens (tertiary/aromatic N) is 2. The lowest BCUT2D eigenvalue weighted by atomic mass is 10.1. The standard InChI is InChI=1S/C18H22N2O4/c1-19(2)7-8-24-14-5-6-16-15(11-14)17(21)9-13(10-18(22)23)20(16)12-3-4-12/h5-6,9,11-12H,3-4,7-8,10H2,1-2H3,(H,22,23). The number of ether oxygens (including phenoxy) is 1. The first kappa shape index (κ1) is 16.5. The quantitative estimate of drug-likeness (QED) is 0.839.